The number of hydrogen-bond acceptors (Lipinski definition) is 4. The van der Waals surface area contributed by atoms with Crippen molar-refractivity contribution in [3.63, 3.8) is 0 Å². The number of aromatic nitrogens is 1. The molecule has 1 aliphatic heterocycles. The molecule has 6 nitrogen and oxygen atoms in total. The second kappa shape index (κ2) is 9.70. The Bertz CT molecular complexity index is 515. The van der Waals surface area contributed by atoms with Crippen LogP contribution in [0.1, 0.15) is 25.3 Å². The Hall–Kier alpha value is -1.37. The van der Waals surface area contributed by atoms with Crippen molar-refractivity contribution in [1.82, 2.24) is 9.88 Å². The fraction of sp³-hybridized carbons (Fsp3) is 0.533. The van der Waals surface area contributed by atoms with Gasteiger partial charge < -0.3 is 16.0 Å². The van der Waals surface area contributed by atoms with Gasteiger partial charge >= 0.3 is 0 Å². The molecule has 0 aromatic carbocycles. The molecular formula is C15H24Cl2N4O2. The number of pyridine rings is 1. The van der Waals surface area contributed by atoms with Gasteiger partial charge in [-0.1, -0.05) is 6.07 Å². The van der Waals surface area contributed by atoms with Crippen LogP contribution in [0.2, 0.25) is 0 Å². The molecule has 1 atom stereocenters. The molecule has 2 heterocycles. The number of nitrogens with two attached hydrogens (primary N) is 1. The van der Waals surface area contributed by atoms with Gasteiger partial charge in [0.2, 0.25) is 11.8 Å². The molecule has 0 aliphatic carbocycles. The van der Waals surface area contributed by atoms with Crippen LogP contribution in [-0.4, -0.2) is 40.8 Å². The first kappa shape index (κ1) is 21.6. The van der Waals surface area contributed by atoms with Gasteiger partial charge in [0.1, 0.15) is 5.82 Å². The largest absolute Gasteiger partial charge is 0.341 e. The van der Waals surface area contributed by atoms with E-state index in [0.717, 1.165) is 5.56 Å². The molecule has 1 aromatic rings. The van der Waals surface area contributed by atoms with Crippen LogP contribution in [0.4, 0.5) is 5.82 Å². The average molecular weight is 363 g/mol. The number of carbonyl (C=O) groups is 2. The third-order valence-electron chi connectivity index (χ3n) is 3.73. The zero-order chi connectivity index (χ0) is 15.4. The molecule has 2 amide bonds. The predicted octanol–water partition coefficient (Wildman–Crippen LogP) is 1.76. The third-order valence-corrected chi connectivity index (χ3v) is 3.73. The van der Waals surface area contributed by atoms with Gasteiger partial charge in [0.25, 0.3) is 0 Å². The van der Waals surface area contributed by atoms with Crippen LogP contribution >= 0.6 is 24.8 Å². The summed E-state index contributed by atoms with van der Waals surface area (Å²) in [5, 5.41) is 2.83. The van der Waals surface area contributed by atoms with Crippen molar-refractivity contribution >= 4 is 42.4 Å². The van der Waals surface area contributed by atoms with Gasteiger partial charge in [0.05, 0.1) is 6.04 Å². The summed E-state index contributed by atoms with van der Waals surface area (Å²) in [6, 6.07) is 3.22. The maximum atomic E-state index is 12.2. The fourth-order valence-electron chi connectivity index (χ4n) is 2.42. The van der Waals surface area contributed by atoms with Gasteiger partial charge in [0, 0.05) is 25.2 Å². The van der Waals surface area contributed by atoms with Crippen LogP contribution in [0.3, 0.4) is 0 Å². The lowest BCUT2D eigenvalue weighted by atomic mass is 9.95. The Kier molecular flexibility index (Phi) is 9.12. The molecule has 3 N–H and O–H groups in total. The van der Waals surface area contributed by atoms with Crippen LogP contribution in [0.15, 0.2) is 18.3 Å². The van der Waals surface area contributed by atoms with E-state index in [1.54, 1.807) is 24.1 Å². The van der Waals surface area contributed by atoms with Gasteiger partial charge in [-0.05, 0) is 38.3 Å². The van der Waals surface area contributed by atoms with E-state index in [4.69, 9.17) is 5.73 Å². The second-order valence-electron chi connectivity index (χ2n) is 5.60. The monoisotopic (exact) mass is 362 g/mol. The zero-order valence-electron chi connectivity index (χ0n) is 13.3. The third kappa shape index (κ3) is 5.97. The molecule has 23 heavy (non-hydrogen) atoms. The molecule has 0 radical (unpaired) electrons. The zero-order valence-corrected chi connectivity index (χ0v) is 15.0. The number of anilines is 1. The van der Waals surface area contributed by atoms with Crippen molar-refractivity contribution in [3.05, 3.63) is 23.9 Å². The summed E-state index contributed by atoms with van der Waals surface area (Å²) in [5.41, 5.74) is 6.65. The minimum atomic E-state index is -0.480. The molecule has 8 heteroatoms. The highest BCUT2D eigenvalue weighted by atomic mass is 35.5. The summed E-state index contributed by atoms with van der Waals surface area (Å²) in [6.45, 7) is 4.80. The Morgan fingerprint density at radius 3 is 2.39 bits per heavy atom. The number of piperidine rings is 1. The first-order valence-electron chi connectivity index (χ1n) is 7.25. The number of nitrogens with zero attached hydrogens (tertiary/aromatic N) is 2. The lowest BCUT2D eigenvalue weighted by Gasteiger charge is -2.32. The number of hydrogen-bond donors (Lipinski definition) is 2. The summed E-state index contributed by atoms with van der Waals surface area (Å²) in [5.74, 6) is 0.415. The molecule has 1 aliphatic rings. The maximum Gasteiger partial charge on any atom is 0.239 e. The standard InChI is InChI=1S/C15H22N4O2.2ClH/c1-10-3-4-13(17-9-10)18-14(20)12-5-7-19(8-6-12)15(21)11(2)16;;/h3-4,9,11-12H,5-8,16H2,1-2H3,(H,17,18,20);2*1H/t11-;;/m1../s1. The molecule has 1 aromatic heterocycles. The second-order valence-corrected chi connectivity index (χ2v) is 5.60. The predicted molar refractivity (Wildman–Crippen MR) is 95.1 cm³/mol. The Balaban J connectivity index is 0.00000242. The van der Waals surface area contributed by atoms with Crippen LogP contribution in [0, 0.1) is 12.8 Å². The Labute approximate surface area is 149 Å². The van der Waals surface area contributed by atoms with E-state index in [1.165, 1.54) is 0 Å². The highest BCUT2D eigenvalue weighted by Gasteiger charge is 2.28. The van der Waals surface area contributed by atoms with Gasteiger partial charge in [-0.25, -0.2) is 4.98 Å². The van der Waals surface area contributed by atoms with Crippen molar-refractivity contribution in [2.24, 2.45) is 11.7 Å². The van der Waals surface area contributed by atoms with Gasteiger partial charge in [-0.2, -0.15) is 0 Å². The van der Waals surface area contributed by atoms with Crippen molar-refractivity contribution in [2.75, 3.05) is 18.4 Å². The van der Waals surface area contributed by atoms with Crippen LogP contribution in [-0.2, 0) is 9.59 Å². The molecule has 130 valence electrons. The Morgan fingerprint density at radius 1 is 1.30 bits per heavy atom. The van der Waals surface area contributed by atoms with Crippen molar-refractivity contribution in [2.45, 2.75) is 32.7 Å². The van der Waals surface area contributed by atoms with Gasteiger partial charge in [-0.15, -0.1) is 24.8 Å². The van der Waals surface area contributed by atoms with Crippen molar-refractivity contribution < 1.29 is 9.59 Å². The number of likely N-dealkylation sites (tertiary alicyclic amines) is 1. The van der Waals surface area contributed by atoms with Crippen molar-refractivity contribution in [3.8, 4) is 0 Å². The topological polar surface area (TPSA) is 88.3 Å². The minimum absolute atomic E-state index is 0. The number of amides is 2. The van der Waals surface area contributed by atoms with Gasteiger partial charge in [0.15, 0.2) is 0 Å². The summed E-state index contributed by atoms with van der Waals surface area (Å²) in [7, 11) is 0. The average Bonchev–Trinajstić information content (AvgIpc) is 2.49. The SMILES string of the molecule is Cc1ccc(NC(=O)C2CCN(C(=O)[C@@H](C)N)CC2)nc1.Cl.Cl. The van der Waals surface area contributed by atoms with E-state index >= 15 is 0 Å². The molecule has 0 saturated carbocycles. The van der Waals surface area contributed by atoms with Crippen LogP contribution in [0.5, 0.6) is 0 Å². The van der Waals surface area contributed by atoms with E-state index in [9.17, 15) is 9.59 Å². The maximum absolute atomic E-state index is 12.2. The number of halogens is 2. The summed E-state index contributed by atoms with van der Waals surface area (Å²) >= 11 is 0. The Morgan fingerprint density at radius 2 is 1.91 bits per heavy atom. The van der Waals surface area contributed by atoms with E-state index in [1.807, 2.05) is 13.0 Å². The normalized spacial score (nSPS) is 15.9. The van der Waals surface area contributed by atoms with Crippen LogP contribution in [0.25, 0.3) is 0 Å². The lowest BCUT2D eigenvalue weighted by Crippen LogP contribution is -2.47. The van der Waals surface area contributed by atoms with Crippen LogP contribution < -0.4 is 11.1 Å². The lowest BCUT2D eigenvalue weighted by molar-refractivity contribution is -0.135. The van der Waals surface area contributed by atoms with E-state index in [0.29, 0.717) is 31.7 Å². The highest BCUT2D eigenvalue weighted by Crippen LogP contribution is 2.19. The molecule has 0 bridgehead atoms. The number of nitrogens with one attached hydrogen (secondary N) is 1. The molecular weight excluding hydrogens is 339 g/mol. The smallest absolute Gasteiger partial charge is 0.239 e. The summed E-state index contributed by atoms with van der Waals surface area (Å²) in [6.07, 6.45) is 3.05. The molecule has 1 fully saturated rings. The minimum Gasteiger partial charge on any atom is -0.341 e. The quantitative estimate of drug-likeness (QED) is 0.857. The number of rotatable bonds is 3. The highest BCUT2D eigenvalue weighted by molar-refractivity contribution is 5.92. The summed E-state index contributed by atoms with van der Waals surface area (Å²) < 4.78 is 0. The molecule has 0 unspecified atom stereocenters. The van der Waals surface area contributed by atoms with Gasteiger partial charge in [-0.3, -0.25) is 9.59 Å². The van der Waals surface area contributed by atoms with E-state index in [-0.39, 0.29) is 42.5 Å². The molecule has 1 saturated heterocycles. The number of aryl methyl sites for hydroxylation is 1. The summed E-state index contributed by atoms with van der Waals surface area (Å²) in [4.78, 5) is 29.9. The fourth-order valence-corrected chi connectivity index (χ4v) is 2.42. The van der Waals surface area contributed by atoms with E-state index in [2.05, 4.69) is 10.3 Å². The number of carbonyl (C=O) groups excluding carboxylic acids is 2. The molecule has 2 rings (SSSR count). The first-order valence-corrected chi connectivity index (χ1v) is 7.25. The molecule has 0 spiro atoms. The first-order chi connectivity index (χ1) is 9.97. The van der Waals surface area contributed by atoms with Crippen molar-refractivity contribution in [1.29, 1.82) is 0 Å². The van der Waals surface area contributed by atoms with E-state index < -0.39 is 6.04 Å².